The normalized spacial score (nSPS) is 12.0. The summed E-state index contributed by atoms with van der Waals surface area (Å²) in [5.41, 5.74) is -0.174. The smallest absolute Gasteiger partial charge is 0.419 e. The standard InChI is InChI=1S/C19H25N3O5/c1-12(2)10-15(16(23)24)22(18(26)27-19(3,4)5)17(25)21-14-8-6-13(11-20)7-9-14/h6-9,12,15H,10H2,1-5H3,(H,21,25)(H,23,24)/t15-/m0/s1. The number of carboxylic acids is 1. The molecule has 2 N–H and O–H groups in total. The zero-order valence-electron chi connectivity index (χ0n) is 16.1. The minimum absolute atomic E-state index is 0.0706. The largest absolute Gasteiger partial charge is 0.480 e. The van der Waals surface area contributed by atoms with Gasteiger partial charge in [-0.05, 0) is 57.4 Å². The third-order valence-electron chi connectivity index (χ3n) is 3.37. The molecule has 0 unspecified atom stereocenters. The van der Waals surface area contributed by atoms with Crippen LogP contribution >= 0.6 is 0 Å². The van der Waals surface area contributed by atoms with Gasteiger partial charge in [-0.1, -0.05) is 13.8 Å². The summed E-state index contributed by atoms with van der Waals surface area (Å²) in [5, 5.41) is 20.9. The van der Waals surface area contributed by atoms with Crippen molar-refractivity contribution in [3.8, 4) is 6.07 Å². The van der Waals surface area contributed by atoms with Crippen molar-refractivity contribution < 1.29 is 24.2 Å². The third-order valence-corrected chi connectivity index (χ3v) is 3.37. The minimum Gasteiger partial charge on any atom is -0.480 e. The fourth-order valence-corrected chi connectivity index (χ4v) is 2.24. The molecule has 0 radical (unpaired) electrons. The average Bonchev–Trinajstić information content (AvgIpc) is 2.52. The van der Waals surface area contributed by atoms with E-state index in [2.05, 4.69) is 5.32 Å². The molecule has 0 aliphatic heterocycles. The van der Waals surface area contributed by atoms with Gasteiger partial charge >= 0.3 is 18.1 Å². The number of urea groups is 1. The van der Waals surface area contributed by atoms with Crippen molar-refractivity contribution in [3.63, 3.8) is 0 Å². The number of carbonyl (C=O) groups is 3. The molecule has 1 aromatic carbocycles. The first kappa shape index (κ1) is 22.0. The van der Waals surface area contributed by atoms with Gasteiger partial charge in [0, 0.05) is 5.69 Å². The van der Waals surface area contributed by atoms with Crippen molar-refractivity contribution in [2.24, 2.45) is 5.92 Å². The van der Waals surface area contributed by atoms with Crippen LogP contribution in [0.2, 0.25) is 0 Å². The maximum Gasteiger partial charge on any atom is 0.419 e. The first-order valence-electron chi connectivity index (χ1n) is 8.50. The summed E-state index contributed by atoms with van der Waals surface area (Å²) in [7, 11) is 0. The van der Waals surface area contributed by atoms with Crippen LogP contribution in [-0.4, -0.2) is 39.7 Å². The molecule has 0 aliphatic carbocycles. The Morgan fingerprint density at radius 1 is 1.22 bits per heavy atom. The van der Waals surface area contributed by atoms with Gasteiger partial charge in [0.15, 0.2) is 0 Å². The zero-order valence-corrected chi connectivity index (χ0v) is 16.1. The molecule has 1 atom stereocenters. The Labute approximate surface area is 158 Å². The number of nitrogens with one attached hydrogen (secondary N) is 1. The van der Waals surface area contributed by atoms with E-state index >= 15 is 0 Å². The summed E-state index contributed by atoms with van der Waals surface area (Å²) in [6, 6.07) is 5.63. The monoisotopic (exact) mass is 375 g/mol. The second-order valence-electron chi connectivity index (χ2n) is 7.45. The molecule has 0 saturated carbocycles. The Balaban J connectivity index is 3.16. The molecule has 0 bridgehead atoms. The molecule has 0 heterocycles. The maximum absolute atomic E-state index is 12.7. The molecule has 0 saturated heterocycles. The highest BCUT2D eigenvalue weighted by atomic mass is 16.6. The highest BCUT2D eigenvalue weighted by Gasteiger charge is 2.38. The molecule has 0 fully saturated rings. The van der Waals surface area contributed by atoms with Crippen LogP contribution in [0, 0.1) is 17.2 Å². The fraction of sp³-hybridized carbons (Fsp3) is 0.474. The Hall–Kier alpha value is -3.08. The summed E-state index contributed by atoms with van der Waals surface area (Å²) >= 11 is 0. The van der Waals surface area contributed by atoms with Crippen molar-refractivity contribution in [1.82, 2.24) is 4.90 Å². The number of amides is 3. The second-order valence-corrected chi connectivity index (χ2v) is 7.45. The number of carbonyl (C=O) groups excluding carboxylic acids is 2. The number of benzene rings is 1. The van der Waals surface area contributed by atoms with Gasteiger partial charge in [0.1, 0.15) is 11.6 Å². The van der Waals surface area contributed by atoms with E-state index in [0.717, 1.165) is 0 Å². The van der Waals surface area contributed by atoms with Crippen LogP contribution < -0.4 is 5.32 Å². The molecule has 8 nitrogen and oxygen atoms in total. The molecule has 27 heavy (non-hydrogen) atoms. The average molecular weight is 375 g/mol. The Kier molecular flexibility index (Phi) is 7.35. The summed E-state index contributed by atoms with van der Waals surface area (Å²) < 4.78 is 5.23. The molecule has 1 aromatic rings. The SMILES string of the molecule is CC(C)C[C@@H](C(=O)O)N(C(=O)Nc1ccc(C#N)cc1)C(=O)OC(C)(C)C. The number of hydrogen-bond donors (Lipinski definition) is 2. The van der Waals surface area contributed by atoms with Crippen LogP contribution in [0.15, 0.2) is 24.3 Å². The molecule has 146 valence electrons. The lowest BCUT2D eigenvalue weighted by Crippen LogP contribution is -2.52. The maximum atomic E-state index is 12.7. The predicted octanol–water partition coefficient (Wildman–Crippen LogP) is 3.83. The van der Waals surface area contributed by atoms with Gasteiger partial charge < -0.3 is 15.2 Å². The topological polar surface area (TPSA) is 120 Å². The van der Waals surface area contributed by atoms with Gasteiger partial charge in [-0.3, -0.25) is 0 Å². The third kappa shape index (κ3) is 6.98. The first-order valence-corrected chi connectivity index (χ1v) is 8.50. The van der Waals surface area contributed by atoms with Crippen LogP contribution in [0.4, 0.5) is 15.3 Å². The molecule has 1 rings (SSSR count). The van der Waals surface area contributed by atoms with Crippen LogP contribution in [0.1, 0.15) is 46.6 Å². The van der Waals surface area contributed by atoms with E-state index < -0.39 is 29.7 Å². The summed E-state index contributed by atoms with van der Waals surface area (Å²) in [6.45, 7) is 8.46. The van der Waals surface area contributed by atoms with Gasteiger partial charge in [0.05, 0.1) is 11.6 Å². The Morgan fingerprint density at radius 3 is 2.19 bits per heavy atom. The van der Waals surface area contributed by atoms with E-state index in [9.17, 15) is 19.5 Å². The lowest BCUT2D eigenvalue weighted by Gasteiger charge is -2.30. The fourth-order valence-electron chi connectivity index (χ4n) is 2.24. The Bertz CT molecular complexity index is 729. The van der Waals surface area contributed by atoms with Crippen LogP contribution in [0.3, 0.4) is 0 Å². The molecular weight excluding hydrogens is 350 g/mol. The summed E-state index contributed by atoms with van der Waals surface area (Å²) in [6.07, 6.45) is -0.961. The predicted molar refractivity (Wildman–Crippen MR) is 99.1 cm³/mol. The van der Waals surface area contributed by atoms with E-state index in [1.807, 2.05) is 6.07 Å². The van der Waals surface area contributed by atoms with Gasteiger partial charge in [0.25, 0.3) is 0 Å². The molecule has 0 spiro atoms. The number of carboxylic acid groups (broad SMARTS) is 1. The number of nitrogens with zero attached hydrogens (tertiary/aromatic N) is 2. The molecule has 8 heteroatoms. The highest BCUT2D eigenvalue weighted by molar-refractivity contribution is 6.02. The van der Waals surface area contributed by atoms with Crippen molar-refractivity contribution in [2.45, 2.75) is 52.7 Å². The summed E-state index contributed by atoms with van der Waals surface area (Å²) in [5.74, 6) is -1.37. The number of imide groups is 1. The van der Waals surface area contributed by atoms with Gasteiger partial charge in [-0.25, -0.2) is 19.3 Å². The zero-order chi connectivity index (χ0) is 20.8. The molecule has 0 aliphatic rings. The number of hydrogen-bond acceptors (Lipinski definition) is 5. The van der Waals surface area contributed by atoms with E-state index in [0.29, 0.717) is 16.2 Å². The van der Waals surface area contributed by atoms with E-state index in [-0.39, 0.29) is 12.3 Å². The minimum atomic E-state index is -1.38. The first-order chi connectivity index (χ1) is 12.4. The van der Waals surface area contributed by atoms with E-state index in [1.54, 1.807) is 34.6 Å². The van der Waals surface area contributed by atoms with E-state index in [4.69, 9.17) is 10.00 Å². The van der Waals surface area contributed by atoms with Crippen LogP contribution in [0.25, 0.3) is 0 Å². The lowest BCUT2D eigenvalue weighted by molar-refractivity contribution is -0.142. The summed E-state index contributed by atoms with van der Waals surface area (Å²) in [4.78, 5) is 37.6. The van der Waals surface area contributed by atoms with Crippen molar-refractivity contribution >= 4 is 23.8 Å². The highest BCUT2D eigenvalue weighted by Crippen LogP contribution is 2.19. The van der Waals surface area contributed by atoms with Crippen molar-refractivity contribution in [3.05, 3.63) is 29.8 Å². The van der Waals surface area contributed by atoms with Gasteiger partial charge in [-0.2, -0.15) is 5.26 Å². The van der Waals surface area contributed by atoms with Gasteiger partial charge in [0.2, 0.25) is 0 Å². The number of aliphatic carboxylic acids is 1. The molecule has 3 amide bonds. The van der Waals surface area contributed by atoms with Crippen molar-refractivity contribution in [1.29, 1.82) is 5.26 Å². The van der Waals surface area contributed by atoms with Crippen molar-refractivity contribution in [2.75, 3.05) is 5.32 Å². The van der Waals surface area contributed by atoms with Crippen LogP contribution in [-0.2, 0) is 9.53 Å². The van der Waals surface area contributed by atoms with Crippen LogP contribution in [0.5, 0.6) is 0 Å². The van der Waals surface area contributed by atoms with E-state index in [1.165, 1.54) is 24.3 Å². The number of anilines is 1. The molecular formula is C19H25N3O5. The lowest BCUT2D eigenvalue weighted by atomic mass is 10.0. The number of ether oxygens (including phenoxy) is 1. The number of rotatable bonds is 5. The quantitative estimate of drug-likeness (QED) is 0.807. The number of nitriles is 1. The molecule has 0 aromatic heterocycles. The van der Waals surface area contributed by atoms with Gasteiger partial charge in [-0.15, -0.1) is 0 Å². The Morgan fingerprint density at radius 2 is 1.78 bits per heavy atom. The second kappa shape index (κ2) is 9.03.